The second kappa shape index (κ2) is 8.29. The number of benzene rings is 2. The predicted molar refractivity (Wildman–Crippen MR) is 97.8 cm³/mol. The number of hydrogen-bond acceptors (Lipinski definition) is 4. The van der Waals surface area contributed by atoms with Crippen molar-refractivity contribution in [1.29, 1.82) is 0 Å². The molecule has 2 rings (SSSR count). The van der Waals surface area contributed by atoms with Gasteiger partial charge >= 0.3 is 0 Å². The van der Waals surface area contributed by atoms with E-state index in [0.717, 1.165) is 18.4 Å². The van der Waals surface area contributed by atoms with E-state index in [1.54, 1.807) is 37.3 Å². The quantitative estimate of drug-likeness (QED) is 0.335. The Kier molecular flexibility index (Phi) is 6.12. The largest absolute Gasteiger partial charge is 0.507 e. The Morgan fingerprint density at radius 2 is 2.00 bits per heavy atom. The van der Waals surface area contributed by atoms with E-state index in [2.05, 4.69) is 6.58 Å². The number of aldehydes is 1. The van der Waals surface area contributed by atoms with Crippen LogP contribution < -0.4 is 4.74 Å². The van der Waals surface area contributed by atoms with Crippen molar-refractivity contribution < 1.29 is 19.4 Å². The summed E-state index contributed by atoms with van der Waals surface area (Å²) in [6.45, 7) is 7.66. The van der Waals surface area contributed by atoms with Gasteiger partial charge in [-0.15, -0.1) is 6.58 Å². The molecule has 0 amide bonds. The first-order valence-electron chi connectivity index (χ1n) is 8.16. The van der Waals surface area contributed by atoms with E-state index in [-0.39, 0.29) is 22.4 Å². The number of aryl methyl sites for hydroxylation is 2. The lowest BCUT2D eigenvalue weighted by molar-refractivity contribution is 0.102. The fourth-order valence-corrected chi connectivity index (χ4v) is 2.71. The van der Waals surface area contributed by atoms with Crippen LogP contribution in [-0.4, -0.2) is 23.8 Å². The maximum Gasteiger partial charge on any atom is 0.201 e. The van der Waals surface area contributed by atoms with Crippen LogP contribution in [0, 0.1) is 13.8 Å². The molecule has 0 saturated heterocycles. The summed E-state index contributed by atoms with van der Waals surface area (Å²) in [6.07, 6.45) is 4.01. The van der Waals surface area contributed by atoms with E-state index < -0.39 is 5.78 Å². The van der Waals surface area contributed by atoms with Crippen molar-refractivity contribution >= 4 is 12.1 Å². The van der Waals surface area contributed by atoms with Crippen LogP contribution in [0.25, 0.3) is 0 Å². The summed E-state index contributed by atoms with van der Waals surface area (Å²) in [4.78, 5) is 24.6. The molecule has 0 unspecified atom stereocenters. The van der Waals surface area contributed by atoms with Gasteiger partial charge in [-0.25, -0.2) is 0 Å². The molecule has 2 aromatic rings. The molecule has 130 valence electrons. The van der Waals surface area contributed by atoms with Gasteiger partial charge in [0.2, 0.25) is 5.78 Å². The van der Waals surface area contributed by atoms with Gasteiger partial charge in [0.15, 0.2) is 6.29 Å². The molecule has 4 heteroatoms. The molecule has 0 aliphatic rings. The van der Waals surface area contributed by atoms with Crippen molar-refractivity contribution in [2.75, 3.05) is 6.61 Å². The summed E-state index contributed by atoms with van der Waals surface area (Å²) in [5.41, 5.74) is 2.09. The van der Waals surface area contributed by atoms with Gasteiger partial charge in [-0.05, 0) is 56.0 Å². The first-order valence-corrected chi connectivity index (χ1v) is 8.16. The molecule has 4 nitrogen and oxygen atoms in total. The minimum Gasteiger partial charge on any atom is -0.507 e. The van der Waals surface area contributed by atoms with E-state index in [9.17, 15) is 14.7 Å². The molecule has 0 aliphatic heterocycles. The highest BCUT2D eigenvalue weighted by molar-refractivity contribution is 6.16. The zero-order valence-electron chi connectivity index (χ0n) is 14.5. The topological polar surface area (TPSA) is 63.6 Å². The molecular weight excluding hydrogens is 316 g/mol. The number of phenolic OH excluding ortho intramolecular Hbond substituents is 1. The highest BCUT2D eigenvalue weighted by atomic mass is 16.5. The molecule has 2 aromatic carbocycles. The molecule has 0 heterocycles. The standard InChI is InChI=1S/C21H22O4/c1-4-5-6-10-25-18-12-14(2)11-16(13-22)20(18)21(24)19-15(3)8-7-9-17(19)23/h4,7-9,11-13,23H,1,5-6,10H2,2-3H3. The number of ether oxygens (including phenoxy) is 1. The fourth-order valence-electron chi connectivity index (χ4n) is 2.71. The van der Waals surface area contributed by atoms with Crippen molar-refractivity contribution in [2.45, 2.75) is 26.7 Å². The fraction of sp³-hybridized carbons (Fsp3) is 0.238. The summed E-state index contributed by atoms with van der Waals surface area (Å²) in [7, 11) is 0. The zero-order chi connectivity index (χ0) is 18.4. The van der Waals surface area contributed by atoms with Gasteiger partial charge < -0.3 is 9.84 Å². The SMILES string of the molecule is C=CCCCOc1cc(C)cc(C=O)c1C(=O)c1c(C)cccc1O. The third kappa shape index (κ3) is 4.15. The Balaban J connectivity index is 2.52. The summed E-state index contributed by atoms with van der Waals surface area (Å²) >= 11 is 0. The van der Waals surface area contributed by atoms with Crippen LogP contribution in [0.15, 0.2) is 43.0 Å². The summed E-state index contributed by atoms with van der Waals surface area (Å²) in [6, 6.07) is 8.26. The Labute approximate surface area is 147 Å². The molecule has 0 radical (unpaired) electrons. The highest BCUT2D eigenvalue weighted by Crippen LogP contribution is 2.31. The normalized spacial score (nSPS) is 10.3. The Morgan fingerprint density at radius 1 is 1.24 bits per heavy atom. The van der Waals surface area contributed by atoms with Gasteiger partial charge in [0, 0.05) is 5.56 Å². The van der Waals surface area contributed by atoms with Crippen molar-refractivity contribution in [3.63, 3.8) is 0 Å². The third-order valence-corrected chi connectivity index (χ3v) is 3.92. The smallest absolute Gasteiger partial charge is 0.201 e. The number of rotatable bonds is 8. The highest BCUT2D eigenvalue weighted by Gasteiger charge is 2.23. The molecule has 0 atom stereocenters. The van der Waals surface area contributed by atoms with Crippen LogP contribution in [0.3, 0.4) is 0 Å². The third-order valence-electron chi connectivity index (χ3n) is 3.92. The van der Waals surface area contributed by atoms with E-state index in [1.807, 2.05) is 6.92 Å². The average molecular weight is 338 g/mol. The molecule has 0 spiro atoms. The monoisotopic (exact) mass is 338 g/mol. The van der Waals surface area contributed by atoms with Crippen LogP contribution >= 0.6 is 0 Å². The molecule has 0 bridgehead atoms. The number of phenols is 1. The Bertz CT molecular complexity index is 786. The molecule has 0 aromatic heterocycles. The van der Waals surface area contributed by atoms with E-state index in [1.165, 1.54) is 6.07 Å². The molecule has 0 saturated carbocycles. The van der Waals surface area contributed by atoms with Crippen molar-refractivity contribution in [3.8, 4) is 11.5 Å². The van der Waals surface area contributed by atoms with Gasteiger partial charge in [0.1, 0.15) is 11.5 Å². The Hall–Kier alpha value is -2.88. The maximum atomic E-state index is 13.1. The first kappa shape index (κ1) is 18.5. The number of hydrogen-bond donors (Lipinski definition) is 1. The lowest BCUT2D eigenvalue weighted by atomic mass is 9.93. The van der Waals surface area contributed by atoms with Crippen molar-refractivity contribution in [3.05, 3.63) is 70.8 Å². The van der Waals surface area contributed by atoms with Gasteiger partial charge in [-0.1, -0.05) is 18.2 Å². The minimum absolute atomic E-state index is 0.111. The van der Waals surface area contributed by atoms with Crippen LogP contribution in [0.1, 0.15) is 50.2 Å². The first-order chi connectivity index (χ1) is 12.0. The average Bonchev–Trinajstić information content (AvgIpc) is 2.57. The van der Waals surface area contributed by atoms with Crippen molar-refractivity contribution in [2.24, 2.45) is 0 Å². The van der Waals surface area contributed by atoms with Crippen molar-refractivity contribution in [1.82, 2.24) is 0 Å². The van der Waals surface area contributed by atoms with Gasteiger partial charge in [0.25, 0.3) is 0 Å². The molecule has 0 aliphatic carbocycles. The van der Waals surface area contributed by atoms with Crippen LogP contribution in [-0.2, 0) is 0 Å². The number of allylic oxidation sites excluding steroid dienone is 1. The van der Waals surface area contributed by atoms with Gasteiger partial charge in [-0.2, -0.15) is 0 Å². The van der Waals surface area contributed by atoms with Gasteiger partial charge in [-0.3, -0.25) is 9.59 Å². The summed E-state index contributed by atoms with van der Waals surface area (Å²) < 4.78 is 5.78. The molecule has 25 heavy (non-hydrogen) atoms. The summed E-state index contributed by atoms with van der Waals surface area (Å²) in [5.74, 6) is -0.171. The predicted octanol–water partition coefficient (Wildman–Crippen LogP) is 4.40. The van der Waals surface area contributed by atoms with Crippen LogP contribution in [0.2, 0.25) is 0 Å². The minimum atomic E-state index is -0.420. The Morgan fingerprint density at radius 3 is 2.64 bits per heavy atom. The number of unbranched alkanes of at least 4 members (excludes halogenated alkanes) is 1. The maximum absolute atomic E-state index is 13.1. The van der Waals surface area contributed by atoms with Crippen LogP contribution in [0.5, 0.6) is 11.5 Å². The number of carbonyl (C=O) groups is 2. The second-order valence-corrected chi connectivity index (χ2v) is 5.92. The summed E-state index contributed by atoms with van der Waals surface area (Å²) in [5, 5.41) is 10.1. The number of ketones is 1. The molecule has 0 fully saturated rings. The van der Waals surface area contributed by atoms with Crippen LogP contribution in [0.4, 0.5) is 0 Å². The van der Waals surface area contributed by atoms with Gasteiger partial charge in [0.05, 0.1) is 17.7 Å². The molecular formula is C21H22O4. The zero-order valence-corrected chi connectivity index (χ0v) is 14.5. The number of carbonyl (C=O) groups excluding carboxylic acids is 2. The lowest BCUT2D eigenvalue weighted by Gasteiger charge is -2.15. The van der Waals surface area contributed by atoms with E-state index in [4.69, 9.17) is 4.74 Å². The number of aromatic hydroxyl groups is 1. The van der Waals surface area contributed by atoms with E-state index in [0.29, 0.717) is 24.2 Å². The van der Waals surface area contributed by atoms with E-state index >= 15 is 0 Å². The second-order valence-electron chi connectivity index (χ2n) is 5.92. The lowest BCUT2D eigenvalue weighted by Crippen LogP contribution is -2.11. The molecule has 1 N–H and O–H groups in total.